The van der Waals surface area contributed by atoms with E-state index < -0.39 is 85.0 Å². The summed E-state index contributed by atoms with van der Waals surface area (Å²) in [6, 6.07) is 14.1. The summed E-state index contributed by atoms with van der Waals surface area (Å²) in [5.74, 6) is -8.33. The lowest BCUT2D eigenvalue weighted by Crippen LogP contribution is -2.57. The maximum atomic E-state index is 13.8. The lowest BCUT2D eigenvalue weighted by Gasteiger charge is -2.28. The van der Waals surface area contributed by atoms with Gasteiger partial charge in [-0.1, -0.05) is 54.6 Å². The maximum absolute atomic E-state index is 13.8. The Morgan fingerprint density at radius 3 is 1.94 bits per heavy atom. The van der Waals surface area contributed by atoms with Crippen LogP contribution in [0.1, 0.15) is 45.5 Å². The van der Waals surface area contributed by atoms with Crippen LogP contribution in [0.25, 0.3) is 10.8 Å². The Morgan fingerprint density at radius 2 is 1.36 bits per heavy atom. The van der Waals surface area contributed by atoms with Crippen molar-refractivity contribution in [1.82, 2.24) is 31.5 Å². The summed E-state index contributed by atoms with van der Waals surface area (Å²) in [7, 11) is 0. The molecule has 10 N–H and O–H groups in total. The van der Waals surface area contributed by atoms with Gasteiger partial charge in [0.1, 0.15) is 24.7 Å². The van der Waals surface area contributed by atoms with Crippen LogP contribution >= 0.6 is 0 Å². The first kappa shape index (κ1) is 38.9. The largest absolute Gasteiger partial charge is 0.481 e. The monoisotopic (exact) mass is 730 g/mol. The zero-order valence-corrected chi connectivity index (χ0v) is 28.2. The van der Waals surface area contributed by atoms with E-state index in [0.29, 0.717) is 16.3 Å². The zero-order chi connectivity index (χ0) is 38.7. The third-order valence-electron chi connectivity index (χ3n) is 8.15. The molecule has 3 aromatic carbocycles. The van der Waals surface area contributed by atoms with Crippen LogP contribution in [0.3, 0.4) is 0 Å². The van der Waals surface area contributed by atoms with Gasteiger partial charge in [0.2, 0.25) is 23.6 Å². The number of imide groups is 1. The molecule has 0 spiro atoms. The van der Waals surface area contributed by atoms with E-state index in [0.717, 1.165) is 4.90 Å². The van der Waals surface area contributed by atoms with Crippen LogP contribution in [-0.2, 0) is 35.2 Å². The highest BCUT2D eigenvalue weighted by atomic mass is 16.4. The average molecular weight is 731 g/mol. The summed E-state index contributed by atoms with van der Waals surface area (Å²) in [5, 5.41) is 38.6. The Bertz CT molecular complexity index is 1890. The van der Waals surface area contributed by atoms with Crippen molar-refractivity contribution in [2.75, 3.05) is 19.6 Å². The fraction of sp³-hybridized carbons (Fsp3) is 0.286. The minimum absolute atomic E-state index is 0.0516. The number of nitrogens with one attached hydrogen (secondary N) is 6. The van der Waals surface area contributed by atoms with E-state index >= 15 is 0 Å². The highest BCUT2D eigenvalue weighted by molar-refractivity contribution is 6.26. The van der Waals surface area contributed by atoms with Gasteiger partial charge in [0.05, 0.1) is 13.0 Å². The first-order chi connectivity index (χ1) is 25.2. The van der Waals surface area contributed by atoms with E-state index in [2.05, 4.69) is 21.3 Å². The summed E-state index contributed by atoms with van der Waals surface area (Å²) < 4.78 is 0. The predicted molar refractivity (Wildman–Crippen MR) is 187 cm³/mol. The van der Waals surface area contributed by atoms with Crippen molar-refractivity contribution in [1.29, 1.82) is 5.41 Å². The van der Waals surface area contributed by atoms with Gasteiger partial charge >= 0.3 is 11.9 Å². The van der Waals surface area contributed by atoms with E-state index in [1.165, 1.54) is 0 Å². The quantitative estimate of drug-likeness (QED) is 0.0332. The maximum Gasteiger partial charge on any atom is 0.326 e. The summed E-state index contributed by atoms with van der Waals surface area (Å²) in [6.45, 7) is -1.35. The number of amides is 6. The van der Waals surface area contributed by atoms with Gasteiger partial charge in [-0.2, -0.15) is 0 Å². The van der Waals surface area contributed by atoms with Crippen LogP contribution in [0.5, 0.6) is 0 Å². The molecule has 3 unspecified atom stereocenters. The van der Waals surface area contributed by atoms with Gasteiger partial charge in [0.25, 0.3) is 11.8 Å². The minimum Gasteiger partial charge on any atom is -0.481 e. The van der Waals surface area contributed by atoms with Crippen LogP contribution in [0, 0.1) is 5.41 Å². The number of nitrogens with two attached hydrogens (primary N) is 1. The topological polar surface area (TPSA) is 290 Å². The van der Waals surface area contributed by atoms with Gasteiger partial charge in [-0.25, -0.2) is 4.79 Å². The smallest absolute Gasteiger partial charge is 0.326 e. The average Bonchev–Trinajstić information content (AvgIpc) is 3.12. The van der Waals surface area contributed by atoms with E-state index in [1.54, 1.807) is 66.7 Å². The molecule has 1 aliphatic heterocycles. The number of carbonyl (C=O) groups excluding carboxylic acids is 6. The van der Waals surface area contributed by atoms with Crippen LogP contribution in [0.2, 0.25) is 0 Å². The number of aliphatic carboxylic acids is 2. The van der Waals surface area contributed by atoms with Gasteiger partial charge < -0.3 is 42.5 Å². The number of guanidine groups is 1. The first-order valence-corrected chi connectivity index (χ1v) is 16.4. The third kappa shape index (κ3) is 10.6. The molecule has 0 fully saturated rings. The van der Waals surface area contributed by atoms with Crippen molar-refractivity contribution >= 4 is 64.1 Å². The highest BCUT2D eigenvalue weighted by Crippen LogP contribution is 2.29. The summed E-state index contributed by atoms with van der Waals surface area (Å²) in [6.07, 6.45) is -0.836. The molecule has 18 nitrogen and oxygen atoms in total. The number of nitrogens with zero attached hydrogens (tertiary/aromatic N) is 1. The molecule has 3 aromatic rings. The SMILES string of the molecule is N=C(N)NCCCC(NC(=O)C(Cc1ccccc1)NC(=O)CN1C(=O)c2cccc3cccc(c23)C1=O)C(=O)NCC(=O)NC(CC(=O)O)C(=O)O. The van der Waals surface area contributed by atoms with Crippen molar-refractivity contribution < 1.29 is 48.6 Å². The number of rotatable bonds is 18. The molecule has 0 aromatic heterocycles. The molecule has 1 heterocycles. The number of carboxylic acid groups (broad SMARTS) is 2. The molecule has 6 amide bonds. The highest BCUT2D eigenvalue weighted by Gasteiger charge is 2.35. The standard InChI is InChI=1S/C35H38N8O10/c36-35(37)38-14-6-13-23(30(48)39-17-26(44)41-25(34(52)53)16-28(46)47)42-31(49)24(15-19-7-2-1-3-8-19)40-27(45)18-43-32(50)21-11-4-9-20-10-5-12-22(29(20)21)33(43)51/h1-5,7-12,23-25H,6,13-18H2,(H,39,48)(H,40,45)(H,41,44)(H,42,49)(H,46,47)(H,52,53)(H4,36,37,38). The Balaban J connectivity index is 1.49. The lowest BCUT2D eigenvalue weighted by atomic mass is 9.94. The molecule has 53 heavy (non-hydrogen) atoms. The molecule has 0 saturated heterocycles. The second kappa shape index (κ2) is 17.9. The van der Waals surface area contributed by atoms with Crippen LogP contribution in [0.4, 0.5) is 0 Å². The van der Waals surface area contributed by atoms with E-state index in [4.69, 9.17) is 16.2 Å². The molecule has 0 radical (unpaired) electrons. The van der Waals surface area contributed by atoms with E-state index in [-0.39, 0.29) is 42.9 Å². The van der Waals surface area contributed by atoms with Crippen molar-refractivity contribution in [3.8, 4) is 0 Å². The fourth-order valence-corrected chi connectivity index (χ4v) is 5.65. The van der Waals surface area contributed by atoms with Crippen LogP contribution in [-0.4, -0.2) is 106 Å². The molecule has 0 saturated carbocycles. The number of carbonyl (C=O) groups is 8. The van der Waals surface area contributed by atoms with Gasteiger partial charge in [-0.15, -0.1) is 0 Å². The molecule has 18 heteroatoms. The lowest BCUT2D eigenvalue weighted by molar-refractivity contribution is -0.147. The normalized spacial score (nSPS) is 13.6. The Hall–Kier alpha value is -6.85. The Morgan fingerprint density at radius 1 is 0.736 bits per heavy atom. The Kier molecular flexibility index (Phi) is 13.1. The van der Waals surface area contributed by atoms with Crippen molar-refractivity contribution in [2.24, 2.45) is 5.73 Å². The van der Waals surface area contributed by atoms with E-state index in [9.17, 15) is 43.5 Å². The summed E-state index contributed by atoms with van der Waals surface area (Å²) >= 11 is 0. The third-order valence-corrected chi connectivity index (χ3v) is 8.15. The molecular weight excluding hydrogens is 692 g/mol. The fourth-order valence-electron chi connectivity index (χ4n) is 5.65. The van der Waals surface area contributed by atoms with Crippen molar-refractivity contribution in [2.45, 2.75) is 43.8 Å². The molecule has 0 aliphatic carbocycles. The molecule has 4 rings (SSSR count). The van der Waals surface area contributed by atoms with Crippen LogP contribution in [0.15, 0.2) is 66.7 Å². The second-order valence-corrected chi connectivity index (χ2v) is 12.0. The van der Waals surface area contributed by atoms with E-state index in [1.807, 2.05) is 5.32 Å². The Labute approximate surface area is 302 Å². The molecule has 278 valence electrons. The number of benzene rings is 3. The van der Waals surface area contributed by atoms with Gasteiger partial charge in [0.15, 0.2) is 5.96 Å². The first-order valence-electron chi connectivity index (χ1n) is 16.4. The van der Waals surface area contributed by atoms with Gasteiger partial charge in [-0.3, -0.25) is 43.9 Å². The zero-order valence-electron chi connectivity index (χ0n) is 28.2. The molecule has 3 atom stereocenters. The molecular formula is C35H38N8O10. The summed E-state index contributed by atoms with van der Waals surface area (Å²) in [5.41, 5.74) is 6.43. The second-order valence-electron chi connectivity index (χ2n) is 12.0. The van der Waals surface area contributed by atoms with Crippen LogP contribution < -0.4 is 32.3 Å². The van der Waals surface area contributed by atoms with Crippen molar-refractivity contribution in [3.05, 3.63) is 83.4 Å². The number of carboxylic acids is 2. The number of hydrogen-bond donors (Lipinski definition) is 9. The van der Waals surface area contributed by atoms with Crippen molar-refractivity contribution in [3.63, 3.8) is 0 Å². The minimum atomic E-state index is -1.76. The summed E-state index contributed by atoms with van der Waals surface area (Å²) in [4.78, 5) is 103. The molecule has 0 bridgehead atoms. The predicted octanol–water partition coefficient (Wildman–Crippen LogP) is -0.928. The van der Waals surface area contributed by atoms with Gasteiger partial charge in [0, 0.05) is 29.5 Å². The number of hydrogen-bond acceptors (Lipinski definition) is 9. The molecule has 1 aliphatic rings. The van der Waals surface area contributed by atoms with Gasteiger partial charge in [-0.05, 0) is 35.9 Å².